The molecule has 0 radical (unpaired) electrons. The summed E-state index contributed by atoms with van der Waals surface area (Å²) in [6.07, 6.45) is 4.66. The first kappa shape index (κ1) is 12.7. The number of thiazole rings is 1. The lowest BCUT2D eigenvalue weighted by Gasteiger charge is -2.18. The van der Waals surface area contributed by atoms with Gasteiger partial charge in [-0.1, -0.05) is 13.0 Å². The van der Waals surface area contributed by atoms with Crippen molar-refractivity contribution in [1.82, 2.24) is 15.2 Å². The molecule has 1 fully saturated rings. The van der Waals surface area contributed by atoms with Gasteiger partial charge in [0.25, 0.3) is 0 Å². The molecule has 1 aromatic rings. The highest BCUT2D eigenvalue weighted by molar-refractivity contribution is 7.09. The standard InChI is InChI=1S/C13H21N3S/c1-3-7-16(12-5-6-12)9-11-10-17-13(15-11)8-14-4-2/h3,10,12,14H,1,4-9H2,2H3. The van der Waals surface area contributed by atoms with Crippen LogP contribution in [0.2, 0.25) is 0 Å². The number of nitrogens with one attached hydrogen (secondary N) is 1. The molecule has 0 aliphatic heterocycles. The van der Waals surface area contributed by atoms with Crippen LogP contribution in [-0.2, 0) is 13.1 Å². The zero-order valence-electron chi connectivity index (χ0n) is 10.5. The summed E-state index contributed by atoms with van der Waals surface area (Å²) in [4.78, 5) is 7.13. The van der Waals surface area contributed by atoms with Crippen LogP contribution in [-0.4, -0.2) is 29.0 Å². The zero-order chi connectivity index (χ0) is 12.1. The summed E-state index contributed by atoms with van der Waals surface area (Å²) in [5.74, 6) is 0. The molecule has 0 amide bonds. The molecule has 3 nitrogen and oxygen atoms in total. The first-order valence-electron chi connectivity index (χ1n) is 6.32. The van der Waals surface area contributed by atoms with Gasteiger partial charge < -0.3 is 5.32 Å². The maximum absolute atomic E-state index is 4.66. The molecule has 0 aromatic carbocycles. The van der Waals surface area contributed by atoms with E-state index in [-0.39, 0.29) is 0 Å². The molecule has 1 aliphatic carbocycles. The Bertz CT molecular complexity index is 357. The van der Waals surface area contributed by atoms with Crippen LogP contribution in [0.3, 0.4) is 0 Å². The van der Waals surface area contributed by atoms with Gasteiger partial charge in [0.2, 0.25) is 0 Å². The lowest BCUT2D eigenvalue weighted by Crippen LogP contribution is -2.25. The van der Waals surface area contributed by atoms with Gasteiger partial charge in [-0.15, -0.1) is 17.9 Å². The van der Waals surface area contributed by atoms with Gasteiger partial charge in [-0.3, -0.25) is 4.90 Å². The highest BCUT2D eigenvalue weighted by Crippen LogP contribution is 2.28. The van der Waals surface area contributed by atoms with E-state index in [0.29, 0.717) is 0 Å². The van der Waals surface area contributed by atoms with Crippen molar-refractivity contribution in [2.75, 3.05) is 13.1 Å². The van der Waals surface area contributed by atoms with E-state index < -0.39 is 0 Å². The summed E-state index contributed by atoms with van der Waals surface area (Å²) in [7, 11) is 0. The van der Waals surface area contributed by atoms with Crippen molar-refractivity contribution in [2.24, 2.45) is 0 Å². The normalized spacial score (nSPS) is 15.4. The topological polar surface area (TPSA) is 28.2 Å². The van der Waals surface area contributed by atoms with E-state index in [1.54, 1.807) is 11.3 Å². The Balaban J connectivity index is 1.87. The highest BCUT2D eigenvalue weighted by Gasteiger charge is 2.28. The first-order valence-corrected chi connectivity index (χ1v) is 7.20. The van der Waals surface area contributed by atoms with Gasteiger partial charge in [-0.05, 0) is 19.4 Å². The van der Waals surface area contributed by atoms with E-state index in [0.717, 1.165) is 32.2 Å². The van der Waals surface area contributed by atoms with Gasteiger partial charge in [0, 0.05) is 31.1 Å². The monoisotopic (exact) mass is 251 g/mol. The molecule has 1 heterocycles. The Morgan fingerprint density at radius 1 is 1.65 bits per heavy atom. The van der Waals surface area contributed by atoms with Crippen LogP contribution in [0.15, 0.2) is 18.0 Å². The molecular weight excluding hydrogens is 230 g/mol. The van der Waals surface area contributed by atoms with E-state index in [4.69, 9.17) is 0 Å². The van der Waals surface area contributed by atoms with Crippen molar-refractivity contribution < 1.29 is 0 Å². The minimum absolute atomic E-state index is 0.770. The molecule has 0 atom stereocenters. The Labute approximate surface area is 108 Å². The van der Waals surface area contributed by atoms with Crippen molar-refractivity contribution >= 4 is 11.3 Å². The largest absolute Gasteiger partial charge is 0.311 e. The minimum Gasteiger partial charge on any atom is -0.311 e. The van der Waals surface area contributed by atoms with Crippen LogP contribution >= 0.6 is 11.3 Å². The second kappa shape index (κ2) is 6.28. The maximum atomic E-state index is 4.66. The molecule has 2 rings (SSSR count). The Morgan fingerprint density at radius 2 is 2.47 bits per heavy atom. The van der Waals surface area contributed by atoms with Crippen LogP contribution in [0.4, 0.5) is 0 Å². The van der Waals surface area contributed by atoms with Crippen LogP contribution in [0.5, 0.6) is 0 Å². The van der Waals surface area contributed by atoms with Gasteiger partial charge >= 0.3 is 0 Å². The second-order valence-electron chi connectivity index (χ2n) is 4.46. The molecule has 94 valence electrons. The summed E-state index contributed by atoms with van der Waals surface area (Å²) >= 11 is 1.76. The van der Waals surface area contributed by atoms with E-state index in [1.807, 2.05) is 6.08 Å². The number of rotatable bonds is 8. The van der Waals surface area contributed by atoms with Crippen molar-refractivity contribution in [3.05, 3.63) is 28.7 Å². The average Bonchev–Trinajstić information content (AvgIpc) is 3.08. The molecule has 0 unspecified atom stereocenters. The molecule has 1 N–H and O–H groups in total. The third-order valence-electron chi connectivity index (χ3n) is 2.92. The van der Waals surface area contributed by atoms with Gasteiger partial charge in [0.1, 0.15) is 5.01 Å². The molecule has 4 heteroatoms. The Kier molecular flexibility index (Phi) is 4.71. The average molecular weight is 251 g/mol. The number of hydrogen-bond acceptors (Lipinski definition) is 4. The summed E-state index contributed by atoms with van der Waals surface area (Å²) < 4.78 is 0. The van der Waals surface area contributed by atoms with E-state index in [9.17, 15) is 0 Å². The van der Waals surface area contributed by atoms with Crippen molar-refractivity contribution in [3.63, 3.8) is 0 Å². The predicted molar refractivity (Wildman–Crippen MR) is 73.1 cm³/mol. The molecule has 17 heavy (non-hydrogen) atoms. The summed E-state index contributed by atoms with van der Waals surface area (Å²) in [6, 6.07) is 0.770. The third kappa shape index (κ3) is 3.91. The summed E-state index contributed by atoms with van der Waals surface area (Å²) in [5, 5.41) is 6.69. The van der Waals surface area contributed by atoms with Crippen molar-refractivity contribution in [2.45, 2.75) is 38.9 Å². The Morgan fingerprint density at radius 3 is 3.12 bits per heavy atom. The number of hydrogen-bond donors (Lipinski definition) is 1. The fraction of sp³-hybridized carbons (Fsp3) is 0.615. The Hall–Kier alpha value is -0.710. The molecular formula is C13H21N3S. The summed E-state index contributed by atoms with van der Waals surface area (Å²) in [6.45, 7) is 9.79. The third-order valence-corrected chi connectivity index (χ3v) is 3.82. The second-order valence-corrected chi connectivity index (χ2v) is 5.40. The van der Waals surface area contributed by atoms with Crippen LogP contribution in [0.1, 0.15) is 30.5 Å². The van der Waals surface area contributed by atoms with Gasteiger partial charge in [0.05, 0.1) is 5.69 Å². The summed E-state index contributed by atoms with van der Waals surface area (Å²) in [5.41, 5.74) is 1.21. The molecule has 1 aliphatic rings. The number of aromatic nitrogens is 1. The van der Waals surface area contributed by atoms with E-state index in [1.165, 1.54) is 23.5 Å². The molecule has 1 saturated carbocycles. The predicted octanol–water partition coefficient (Wildman–Crippen LogP) is 2.40. The van der Waals surface area contributed by atoms with Gasteiger partial charge in [-0.25, -0.2) is 4.98 Å². The van der Waals surface area contributed by atoms with Crippen LogP contribution in [0.25, 0.3) is 0 Å². The zero-order valence-corrected chi connectivity index (χ0v) is 11.3. The fourth-order valence-corrected chi connectivity index (χ4v) is 2.65. The molecule has 1 aromatic heterocycles. The first-order chi connectivity index (χ1) is 8.33. The highest BCUT2D eigenvalue weighted by atomic mass is 32.1. The van der Waals surface area contributed by atoms with Crippen LogP contribution in [0, 0.1) is 0 Å². The number of nitrogens with zero attached hydrogens (tertiary/aromatic N) is 2. The lowest BCUT2D eigenvalue weighted by atomic mass is 10.4. The van der Waals surface area contributed by atoms with Crippen LogP contribution < -0.4 is 5.32 Å². The van der Waals surface area contributed by atoms with Gasteiger partial charge in [0.15, 0.2) is 0 Å². The smallest absolute Gasteiger partial charge is 0.107 e. The molecule has 0 bridgehead atoms. The van der Waals surface area contributed by atoms with E-state index >= 15 is 0 Å². The molecule has 0 saturated heterocycles. The molecule has 0 spiro atoms. The SMILES string of the molecule is C=CCN(Cc1csc(CNCC)n1)C1CC1. The van der Waals surface area contributed by atoms with E-state index in [2.05, 4.69) is 34.1 Å². The quantitative estimate of drug-likeness (QED) is 0.719. The maximum Gasteiger partial charge on any atom is 0.107 e. The lowest BCUT2D eigenvalue weighted by molar-refractivity contribution is 0.281. The van der Waals surface area contributed by atoms with Crippen molar-refractivity contribution in [1.29, 1.82) is 0 Å². The fourth-order valence-electron chi connectivity index (χ4n) is 1.89. The minimum atomic E-state index is 0.770. The van der Waals surface area contributed by atoms with Crippen molar-refractivity contribution in [3.8, 4) is 0 Å². The van der Waals surface area contributed by atoms with Gasteiger partial charge in [-0.2, -0.15) is 0 Å².